The Kier molecular flexibility index (Phi) is 3.65. The van der Waals surface area contributed by atoms with E-state index < -0.39 is 4.92 Å². The van der Waals surface area contributed by atoms with Crippen molar-refractivity contribution in [3.8, 4) is 5.75 Å². The first-order valence-electron chi connectivity index (χ1n) is 5.65. The molecule has 1 heterocycles. The molecule has 2 aromatic rings. The Balaban J connectivity index is 2.16. The monoisotopic (exact) mass is 262 g/mol. The largest absolute Gasteiger partial charge is 0.496 e. The van der Waals surface area contributed by atoms with E-state index in [1.54, 1.807) is 14.2 Å². The lowest BCUT2D eigenvalue weighted by atomic mass is 10.2. The van der Waals surface area contributed by atoms with Gasteiger partial charge in [-0.3, -0.25) is 14.8 Å². The van der Waals surface area contributed by atoms with Crippen LogP contribution in [0.5, 0.6) is 5.75 Å². The van der Waals surface area contributed by atoms with Crippen LogP contribution in [0.25, 0.3) is 0 Å². The number of para-hydroxylation sites is 1. The molecular weight excluding hydrogens is 248 g/mol. The van der Waals surface area contributed by atoms with Gasteiger partial charge in [-0.15, -0.1) is 5.10 Å². The first kappa shape index (κ1) is 12.9. The highest BCUT2D eigenvalue weighted by molar-refractivity contribution is 5.55. The van der Waals surface area contributed by atoms with Crippen molar-refractivity contribution < 1.29 is 9.66 Å². The summed E-state index contributed by atoms with van der Waals surface area (Å²) in [6.07, 6.45) is 1.37. The number of nitrogens with zero attached hydrogens (tertiary/aromatic N) is 3. The van der Waals surface area contributed by atoms with Gasteiger partial charge in [-0.2, -0.15) is 0 Å². The maximum absolute atomic E-state index is 10.9. The molecule has 1 N–H and O–H groups in total. The number of hydrogen-bond acceptors (Lipinski definition) is 5. The standard InChI is InChI=1S/C12H14N4O3/c1-15-8-10(16(17)18)12(14-15)13-7-9-5-3-4-6-11(9)19-2/h3-6,8H,7H2,1-2H3,(H,13,14). The van der Waals surface area contributed by atoms with Crippen LogP contribution in [-0.2, 0) is 13.6 Å². The van der Waals surface area contributed by atoms with Crippen molar-refractivity contribution in [3.05, 3.63) is 46.1 Å². The van der Waals surface area contributed by atoms with E-state index in [1.165, 1.54) is 10.9 Å². The van der Waals surface area contributed by atoms with Gasteiger partial charge >= 0.3 is 5.69 Å². The maximum Gasteiger partial charge on any atom is 0.330 e. The van der Waals surface area contributed by atoms with Gasteiger partial charge in [-0.25, -0.2) is 0 Å². The number of methoxy groups -OCH3 is 1. The topological polar surface area (TPSA) is 82.2 Å². The van der Waals surface area contributed by atoms with E-state index in [0.29, 0.717) is 6.54 Å². The molecule has 0 aliphatic rings. The first-order valence-corrected chi connectivity index (χ1v) is 5.65. The molecule has 0 unspecified atom stereocenters. The molecule has 1 aromatic carbocycles. The summed E-state index contributed by atoms with van der Waals surface area (Å²) in [5.74, 6) is 0.979. The molecule has 100 valence electrons. The summed E-state index contributed by atoms with van der Waals surface area (Å²) in [6.45, 7) is 0.405. The van der Waals surface area contributed by atoms with E-state index in [0.717, 1.165) is 11.3 Å². The van der Waals surface area contributed by atoms with E-state index >= 15 is 0 Å². The third-order valence-corrected chi connectivity index (χ3v) is 2.64. The van der Waals surface area contributed by atoms with Crippen molar-refractivity contribution in [3.63, 3.8) is 0 Å². The van der Waals surface area contributed by atoms with Gasteiger partial charge in [0.25, 0.3) is 0 Å². The number of anilines is 1. The molecule has 0 saturated carbocycles. The molecule has 0 amide bonds. The number of nitro groups is 1. The lowest BCUT2D eigenvalue weighted by Crippen LogP contribution is -2.04. The lowest BCUT2D eigenvalue weighted by Gasteiger charge is -2.08. The van der Waals surface area contributed by atoms with Gasteiger partial charge in [0.15, 0.2) is 0 Å². The van der Waals surface area contributed by atoms with Crippen LogP contribution in [0.3, 0.4) is 0 Å². The second kappa shape index (κ2) is 5.38. The summed E-state index contributed by atoms with van der Waals surface area (Å²) in [7, 11) is 3.23. The van der Waals surface area contributed by atoms with Crippen molar-refractivity contribution in [2.75, 3.05) is 12.4 Å². The fourth-order valence-electron chi connectivity index (χ4n) is 1.76. The van der Waals surface area contributed by atoms with Crippen LogP contribution in [-0.4, -0.2) is 21.8 Å². The van der Waals surface area contributed by atoms with Gasteiger partial charge < -0.3 is 10.1 Å². The SMILES string of the molecule is COc1ccccc1CNc1nn(C)cc1[N+](=O)[O-]. The molecule has 0 aliphatic heterocycles. The van der Waals surface area contributed by atoms with Gasteiger partial charge in [-0.1, -0.05) is 18.2 Å². The van der Waals surface area contributed by atoms with Gasteiger partial charge in [0, 0.05) is 19.2 Å². The quantitative estimate of drug-likeness (QED) is 0.657. The van der Waals surface area contributed by atoms with Crippen LogP contribution in [0, 0.1) is 10.1 Å². The third-order valence-electron chi connectivity index (χ3n) is 2.64. The van der Waals surface area contributed by atoms with Crippen molar-refractivity contribution in [2.45, 2.75) is 6.54 Å². The van der Waals surface area contributed by atoms with E-state index in [1.807, 2.05) is 24.3 Å². The minimum absolute atomic E-state index is 0.0441. The smallest absolute Gasteiger partial charge is 0.330 e. The van der Waals surface area contributed by atoms with Crippen LogP contribution in [0.15, 0.2) is 30.5 Å². The third kappa shape index (κ3) is 2.82. The fraction of sp³-hybridized carbons (Fsp3) is 0.250. The minimum atomic E-state index is -0.461. The van der Waals surface area contributed by atoms with Crippen molar-refractivity contribution in [2.24, 2.45) is 7.05 Å². The molecule has 0 spiro atoms. The van der Waals surface area contributed by atoms with E-state index in [-0.39, 0.29) is 11.5 Å². The predicted octanol–water partition coefficient (Wildman–Crippen LogP) is 1.95. The second-order valence-corrected chi connectivity index (χ2v) is 3.96. The summed E-state index contributed by atoms with van der Waals surface area (Å²) in [5, 5.41) is 17.8. The summed E-state index contributed by atoms with van der Waals surface area (Å²) in [4.78, 5) is 10.4. The zero-order chi connectivity index (χ0) is 13.8. The van der Waals surface area contributed by atoms with Gasteiger partial charge in [0.2, 0.25) is 5.82 Å². The van der Waals surface area contributed by atoms with Crippen molar-refractivity contribution in [1.82, 2.24) is 9.78 Å². The molecule has 19 heavy (non-hydrogen) atoms. The number of nitrogens with one attached hydrogen (secondary N) is 1. The van der Waals surface area contributed by atoms with Crippen molar-refractivity contribution in [1.29, 1.82) is 0 Å². The van der Waals surface area contributed by atoms with Crippen LogP contribution >= 0.6 is 0 Å². The minimum Gasteiger partial charge on any atom is -0.496 e. The average molecular weight is 262 g/mol. The van der Waals surface area contributed by atoms with E-state index in [9.17, 15) is 10.1 Å². The average Bonchev–Trinajstić information content (AvgIpc) is 2.78. The molecule has 0 atom stereocenters. The fourth-order valence-corrected chi connectivity index (χ4v) is 1.76. The molecule has 2 rings (SSSR count). The molecule has 0 aliphatic carbocycles. The Labute approximate surface area is 110 Å². The zero-order valence-corrected chi connectivity index (χ0v) is 10.7. The molecule has 0 fully saturated rings. The number of aromatic nitrogens is 2. The van der Waals surface area contributed by atoms with Gasteiger partial charge in [-0.05, 0) is 6.07 Å². The van der Waals surface area contributed by atoms with E-state index in [2.05, 4.69) is 10.4 Å². The van der Waals surface area contributed by atoms with Crippen LogP contribution in [0.2, 0.25) is 0 Å². The highest BCUT2D eigenvalue weighted by Crippen LogP contribution is 2.24. The van der Waals surface area contributed by atoms with Crippen LogP contribution < -0.4 is 10.1 Å². The molecule has 0 radical (unpaired) electrons. The zero-order valence-electron chi connectivity index (χ0n) is 10.7. The molecule has 0 saturated heterocycles. The van der Waals surface area contributed by atoms with Gasteiger partial charge in [0.1, 0.15) is 11.9 Å². The molecule has 0 bridgehead atoms. The molecular formula is C12H14N4O3. The number of ether oxygens (including phenoxy) is 1. The number of aryl methyl sites for hydroxylation is 1. The predicted molar refractivity (Wildman–Crippen MR) is 70.2 cm³/mol. The summed E-state index contributed by atoms with van der Waals surface area (Å²) >= 11 is 0. The summed E-state index contributed by atoms with van der Waals surface area (Å²) in [5.41, 5.74) is 0.863. The van der Waals surface area contributed by atoms with Crippen LogP contribution in [0.1, 0.15) is 5.56 Å². The normalized spacial score (nSPS) is 10.2. The Morgan fingerprint density at radius 2 is 2.21 bits per heavy atom. The Bertz CT molecular complexity index is 594. The lowest BCUT2D eigenvalue weighted by molar-refractivity contribution is -0.384. The maximum atomic E-state index is 10.9. The number of benzene rings is 1. The van der Waals surface area contributed by atoms with Crippen molar-refractivity contribution >= 4 is 11.5 Å². The molecule has 1 aromatic heterocycles. The molecule has 7 heteroatoms. The summed E-state index contributed by atoms with van der Waals surface area (Å²) in [6, 6.07) is 7.47. The van der Waals surface area contributed by atoms with E-state index in [4.69, 9.17) is 4.74 Å². The highest BCUT2D eigenvalue weighted by Gasteiger charge is 2.18. The Hall–Kier alpha value is -2.57. The summed E-state index contributed by atoms with van der Waals surface area (Å²) < 4.78 is 6.62. The highest BCUT2D eigenvalue weighted by atomic mass is 16.6. The Morgan fingerprint density at radius 1 is 1.47 bits per heavy atom. The number of rotatable bonds is 5. The second-order valence-electron chi connectivity index (χ2n) is 3.96. The Morgan fingerprint density at radius 3 is 2.89 bits per heavy atom. The number of hydrogen-bond donors (Lipinski definition) is 1. The van der Waals surface area contributed by atoms with Crippen LogP contribution in [0.4, 0.5) is 11.5 Å². The molecule has 7 nitrogen and oxygen atoms in total. The first-order chi connectivity index (χ1) is 9.11. The van der Waals surface area contributed by atoms with Gasteiger partial charge in [0.05, 0.1) is 12.0 Å².